The normalized spacial score (nSPS) is 10.9. The van der Waals surface area contributed by atoms with E-state index in [4.69, 9.17) is 14.4 Å². The van der Waals surface area contributed by atoms with Gasteiger partial charge in [-0.2, -0.15) is 5.26 Å². The maximum Gasteiger partial charge on any atom is 0.262 e. The van der Waals surface area contributed by atoms with Crippen LogP contribution in [0.5, 0.6) is 5.75 Å². The zero-order chi connectivity index (χ0) is 16.5. The van der Waals surface area contributed by atoms with Crippen molar-refractivity contribution >= 4 is 12.0 Å². The summed E-state index contributed by atoms with van der Waals surface area (Å²) in [5.74, 6) is 0.966. The number of carbonyl (C=O) groups is 1. The minimum atomic E-state index is -0.435. The second-order valence-corrected chi connectivity index (χ2v) is 4.85. The number of carbonyl (C=O) groups excluding carboxylic acids is 1. The van der Waals surface area contributed by atoms with E-state index < -0.39 is 5.91 Å². The van der Waals surface area contributed by atoms with Crippen LogP contribution in [0.25, 0.3) is 6.08 Å². The van der Waals surface area contributed by atoms with Gasteiger partial charge in [-0.25, -0.2) is 0 Å². The van der Waals surface area contributed by atoms with Crippen LogP contribution in [0, 0.1) is 11.3 Å². The van der Waals surface area contributed by atoms with E-state index in [1.807, 2.05) is 37.3 Å². The third-order valence-corrected chi connectivity index (χ3v) is 3.03. The molecule has 0 fully saturated rings. The van der Waals surface area contributed by atoms with Crippen LogP contribution >= 0.6 is 0 Å². The molecule has 0 spiro atoms. The van der Waals surface area contributed by atoms with E-state index in [1.54, 1.807) is 18.2 Å². The van der Waals surface area contributed by atoms with Crippen LogP contribution in [0.3, 0.4) is 0 Å². The van der Waals surface area contributed by atoms with Crippen molar-refractivity contribution in [2.45, 2.75) is 19.9 Å². The number of nitrogens with one attached hydrogen (secondary N) is 1. The Labute approximate surface area is 135 Å². The molecule has 0 saturated heterocycles. The largest absolute Gasteiger partial charge is 0.494 e. The molecule has 0 radical (unpaired) electrons. The SMILES string of the molecule is CCCOc1ccc(/C=C(/C#N)C(=O)NCc2ccco2)cc1. The summed E-state index contributed by atoms with van der Waals surface area (Å²) in [4.78, 5) is 12.0. The fourth-order valence-electron chi connectivity index (χ4n) is 1.87. The van der Waals surface area contributed by atoms with Gasteiger partial charge < -0.3 is 14.5 Å². The lowest BCUT2D eigenvalue weighted by atomic mass is 10.1. The van der Waals surface area contributed by atoms with Gasteiger partial charge in [0, 0.05) is 0 Å². The van der Waals surface area contributed by atoms with Crippen LogP contribution in [0.4, 0.5) is 0 Å². The van der Waals surface area contributed by atoms with Crippen molar-refractivity contribution in [1.82, 2.24) is 5.32 Å². The standard InChI is InChI=1S/C18H18N2O3/c1-2-9-22-16-7-5-14(6-8-16)11-15(12-19)18(21)20-13-17-4-3-10-23-17/h3-8,10-11H,2,9,13H2,1H3,(H,20,21)/b15-11-. The maximum absolute atomic E-state index is 12.0. The van der Waals surface area contributed by atoms with Crippen molar-refractivity contribution in [3.63, 3.8) is 0 Å². The fourth-order valence-corrected chi connectivity index (χ4v) is 1.87. The van der Waals surface area contributed by atoms with Gasteiger partial charge in [0.25, 0.3) is 5.91 Å². The van der Waals surface area contributed by atoms with E-state index in [-0.39, 0.29) is 12.1 Å². The minimum Gasteiger partial charge on any atom is -0.494 e. The molecule has 1 amide bonds. The highest BCUT2D eigenvalue weighted by atomic mass is 16.5. The molecule has 1 heterocycles. The number of hydrogen-bond acceptors (Lipinski definition) is 4. The monoisotopic (exact) mass is 310 g/mol. The smallest absolute Gasteiger partial charge is 0.262 e. The molecule has 0 bridgehead atoms. The summed E-state index contributed by atoms with van der Waals surface area (Å²) in [6.45, 7) is 2.94. The molecule has 0 aliphatic heterocycles. The number of rotatable bonds is 7. The fraction of sp³-hybridized carbons (Fsp3) is 0.222. The molecule has 2 rings (SSSR count). The first-order chi connectivity index (χ1) is 11.2. The summed E-state index contributed by atoms with van der Waals surface area (Å²) >= 11 is 0. The van der Waals surface area contributed by atoms with Gasteiger partial charge in [0.05, 0.1) is 19.4 Å². The van der Waals surface area contributed by atoms with Gasteiger partial charge >= 0.3 is 0 Å². The van der Waals surface area contributed by atoms with Crippen LogP contribution in [0.2, 0.25) is 0 Å². The molecule has 23 heavy (non-hydrogen) atoms. The molecule has 5 heteroatoms. The Morgan fingerprint density at radius 3 is 2.74 bits per heavy atom. The Balaban J connectivity index is 1.99. The molecule has 0 aliphatic carbocycles. The molecule has 0 unspecified atom stereocenters. The van der Waals surface area contributed by atoms with Gasteiger partial charge in [-0.15, -0.1) is 0 Å². The molecule has 1 N–H and O–H groups in total. The van der Waals surface area contributed by atoms with E-state index in [0.717, 1.165) is 17.7 Å². The van der Waals surface area contributed by atoms with Gasteiger partial charge in [0.2, 0.25) is 0 Å². The molecule has 0 aliphatic rings. The summed E-state index contributed by atoms with van der Waals surface area (Å²) in [5, 5.41) is 11.8. The van der Waals surface area contributed by atoms with E-state index in [0.29, 0.717) is 12.4 Å². The van der Waals surface area contributed by atoms with E-state index in [1.165, 1.54) is 6.26 Å². The Bertz CT molecular complexity index is 695. The summed E-state index contributed by atoms with van der Waals surface area (Å²) in [6.07, 6.45) is 4.02. The Morgan fingerprint density at radius 2 is 2.13 bits per heavy atom. The van der Waals surface area contributed by atoms with E-state index in [2.05, 4.69) is 5.32 Å². The zero-order valence-corrected chi connectivity index (χ0v) is 12.9. The topological polar surface area (TPSA) is 75.3 Å². The first-order valence-corrected chi connectivity index (χ1v) is 7.38. The first kappa shape index (κ1) is 16.4. The third kappa shape index (κ3) is 5.04. The Morgan fingerprint density at radius 1 is 1.35 bits per heavy atom. The molecule has 0 saturated carbocycles. The number of nitrogens with zero attached hydrogens (tertiary/aromatic N) is 1. The molecule has 118 valence electrons. The first-order valence-electron chi connectivity index (χ1n) is 7.38. The molecule has 2 aromatic rings. The molecule has 1 aromatic carbocycles. The number of hydrogen-bond donors (Lipinski definition) is 1. The Hall–Kier alpha value is -3.00. The summed E-state index contributed by atoms with van der Waals surface area (Å²) < 4.78 is 10.6. The van der Waals surface area contributed by atoms with Gasteiger partial charge in [-0.05, 0) is 42.3 Å². The summed E-state index contributed by atoms with van der Waals surface area (Å²) in [7, 11) is 0. The lowest BCUT2D eigenvalue weighted by Crippen LogP contribution is -2.23. The van der Waals surface area contributed by atoms with E-state index in [9.17, 15) is 4.79 Å². The average Bonchev–Trinajstić information content (AvgIpc) is 3.10. The van der Waals surface area contributed by atoms with Gasteiger partial charge in [0.15, 0.2) is 0 Å². The summed E-state index contributed by atoms with van der Waals surface area (Å²) in [5.41, 5.74) is 0.803. The number of benzene rings is 1. The van der Waals surface area contributed by atoms with Crippen LogP contribution in [0.1, 0.15) is 24.7 Å². The number of furan rings is 1. The maximum atomic E-state index is 12.0. The van der Waals surface area contributed by atoms with Crippen LogP contribution in [-0.4, -0.2) is 12.5 Å². The molecule has 1 aromatic heterocycles. The van der Waals surface area contributed by atoms with Crippen molar-refractivity contribution in [2.75, 3.05) is 6.61 Å². The van der Waals surface area contributed by atoms with Crippen LogP contribution < -0.4 is 10.1 Å². The van der Waals surface area contributed by atoms with Crippen LogP contribution in [-0.2, 0) is 11.3 Å². The van der Waals surface area contributed by atoms with Crippen molar-refractivity contribution in [3.05, 3.63) is 59.6 Å². The van der Waals surface area contributed by atoms with E-state index >= 15 is 0 Å². The lowest BCUT2D eigenvalue weighted by Gasteiger charge is -2.05. The predicted octanol–water partition coefficient (Wildman–Crippen LogP) is 3.29. The summed E-state index contributed by atoms with van der Waals surface area (Å²) in [6, 6.07) is 12.7. The zero-order valence-electron chi connectivity index (χ0n) is 12.9. The number of ether oxygens (including phenoxy) is 1. The van der Waals surface area contributed by atoms with Gasteiger partial charge in [-0.3, -0.25) is 4.79 Å². The van der Waals surface area contributed by atoms with Crippen molar-refractivity contribution in [1.29, 1.82) is 5.26 Å². The third-order valence-electron chi connectivity index (χ3n) is 3.03. The molecular formula is C18H18N2O3. The van der Waals surface area contributed by atoms with Crippen LogP contribution in [0.15, 0.2) is 52.7 Å². The Kier molecular flexibility index (Phi) is 6.01. The van der Waals surface area contributed by atoms with Crippen molar-refractivity contribution in [3.8, 4) is 11.8 Å². The highest BCUT2D eigenvalue weighted by Crippen LogP contribution is 2.15. The number of amides is 1. The predicted molar refractivity (Wildman–Crippen MR) is 86.4 cm³/mol. The molecule has 5 nitrogen and oxygen atoms in total. The number of nitriles is 1. The highest BCUT2D eigenvalue weighted by molar-refractivity contribution is 6.01. The lowest BCUT2D eigenvalue weighted by molar-refractivity contribution is -0.117. The van der Waals surface area contributed by atoms with Gasteiger partial charge in [-0.1, -0.05) is 19.1 Å². The molecular weight excluding hydrogens is 292 g/mol. The quantitative estimate of drug-likeness (QED) is 0.629. The highest BCUT2D eigenvalue weighted by Gasteiger charge is 2.09. The van der Waals surface area contributed by atoms with Gasteiger partial charge in [0.1, 0.15) is 23.2 Å². The minimum absolute atomic E-state index is 0.0405. The molecule has 0 atom stereocenters. The second-order valence-electron chi connectivity index (χ2n) is 4.85. The second kappa shape index (κ2) is 8.44. The average molecular weight is 310 g/mol. The van der Waals surface area contributed by atoms with Crippen molar-refractivity contribution in [2.24, 2.45) is 0 Å². The van der Waals surface area contributed by atoms with Crippen molar-refractivity contribution < 1.29 is 13.9 Å².